The third-order valence-electron chi connectivity index (χ3n) is 0.733. The van der Waals surface area contributed by atoms with Crippen LogP contribution < -0.4 is 5.73 Å². The molecule has 0 aliphatic rings. The molecule has 0 bridgehead atoms. The van der Waals surface area contributed by atoms with Gasteiger partial charge in [0, 0.05) is 5.88 Å². The number of allylic oxidation sites excluding steroid dienone is 3. The van der Waals surface area contributed by atoms with E-state index < -0.39 is 0 Å². The van der Waals surface area contributed by atoms with Crippen molar-refractivity contribution in [2.24, 2.45) is 5.73 Å². The third kappa shape index (κ3) is 3.75. The number of alkyl halides is 1. The molecule has 0 unspecified atom stereocenters. The standard InChI is InChI=1S/C6H10ClN/c1-6(5-8)3-2-4-7/h2-3,5H,4,8H2,1H3/b3-2-,6-5-. The Balaban J connectivity index is 3.53. The van der Waals surface area contributed by atoms with Gasteiger partial charge in [0.15, 0.2) is 0 Å². The van der Waals surface area contributed by atoms with E-state index in [-0.39, 0.29) is 0 Å². The van der Waals surface area contributed by atoms with E-state index >= 15 is 0 Å². The first-order valence-electron chi connectivity index (χ1n) is 2.42. The van der Waals surface area contributed by atoms with Gasteiger partial charge in [0.1, 0.15) is 0 Å². The smallest absolute Gasteiger partial charge is 0.0407 e. The lowest BCUT2D eigenvalue weighted by atomic mass is 10.3. The maximum absolute atomic E-state index is 5.35. The molecule has 0 fully saturated rings. The summed E-state index contributed by atoms with van der Waals surface area (Å²) in [7, 11) is 0. The van der Waals surface area contributed by atoms with E-state index in [9.17, 15) is 0 Å². The van der Waals surface area contributed by atoms with Gasteiger partial charge < -0.3 is 5.73 Å². The first-order chi connectivity index (χ1) is 3.81. The van der Waals surface area contributed by atoms with Crippen molar-refractivity contribution in [2.45, 2.75) is 6.92 Å². The van der Waals surface area contributed by atoms with Crippen LogP contribution in [0.25, 0.3) is 0 Å². The number of hydrogen-bond donors (Lipinski definition) is 1. The summed E-state index contributed by atoms with van der Waals surface area (Å²) in [6, 6.07) is 0. The van der Waals surface area contributed by atoms with Gasteiger partial charge in [-0.2, -0.15) is 0 Å². The minimum atomic E-state index is 0.547. The molecule has 0 aromatic heterocycles. The number of halogens is 1. The largest absolute Gasteiger partial charge is 0.404 e. The number of nitrogens with two attached hydrogens (primary N) is 1. The normalized spacial score (nSPS) is 13.0. The zero-order chi connectivity index (χ0) is 6.41. The summed E-state index contributed by atoms with van der Waals surface area (Å²) in [6.07, 6.45) is 5.27. The molecule has 0 atom stereocenters. The second kappa shape index (κ2) is 4.72. The van der Waals surface area contributed by atoms with Crippen LogP contribution in [0.3, 0.4) is 0 Å². The van der Waals surface area contributed by atoms with E-state index in [1.807, 2.05) is 19.1 Å². The molecule has 2 heteroatoms. The van der Waals surface area contributed by atoms with Crippen molar-refractivity contribution >= 4 is 11.6 Å². The van der Waals surface area contributed by atoms with Crippen LogP contribution in [0.5, 0.6) is 0 Å². The quantitative estimate of drug-likeness (QED) is 0.448. The van der Waals surface area contributed by atoms with Crippen molar-refractivity contribution in [3.63, 3.8) is 0 Å². The van der Waals surface area contributed by atoms with Crippen molar-refractivity contribution in [3.8, 4) is 0 Å². The van der Waals surface area contributed by atoms with Gasteiger partial charge in [-0.3, -0.25) is 0 Å². The molecule has 0 aromatic rings. The van der Waals surface area contributed by atoms with E-state index in [0.717, 1.165) is 5.57 Å². The maximum atomic E-state index is 5.35. The Kier molecular flexibility index (Phi) is 4.47. The van der Waals surface area contributed by atoms with Crippen molar-refractivity contribution < 1.29 is 0 Å². The fourth-order valence-corrected chi connectivity index (χ4v) is 0.375. The van der Waals surface area contributed by atoms with Crippen LogP contribution in [-0.2, 0) is 0 Å². The van der Waals surface area contributed by atoms with Crippen LogP contribution in [0.4, 0.5) is 0 Å². The van der Waals surface area contributed by atoms with Crippen LogP contribution in [-0.4, -0.2) is 5.88 Å². The number of hydrogen-bond acceptors (Lipinski definition) is 1. The minimum Gasteiger partial charge on any atom is -0.404 e. The van der Waals surface area contributed by atoms with E-state index in [0.29, 0.717) is 5.88 Å². The Morgan fingerprint density at radius 1 is 1.75 bits per heavy atom. The van der Waals surface area contributed by atoms with E-state index in [2.05, 4.69) is 0 Å². The summed E-state index contributed by atoms with van der Waals surface area (Å²) in [5.74, 6) is 0.547. The molecule has 0 saturated carbocycles. The van der Waals surface area contributed by atoms with E-state index in [1.165, 1.54) is 0 Å². The van der Waals surface area contributed by atoms with Gasteiger partial charge >= 0.3 is 0 Å². The van der Waals surface area contributed by atoms with Gasteiger partial charge in [-0.05, 0) is 18.7 Å². The molecular formula is C6H10ClN. The highest BCUT2D eigenvalue weighted by molar-refractivity contribution is 6.18. The minimum absolute atomic E-state index is 0.547. The van der Waals surface area contributed by atoms with Crippen LogP contribution in [0, 0.1) is 0 Å². The fourth-order valence-electron chi connectivity index (χ4n) is 0.286. The van der Waals surface area contributed by atoms with Crippen molar-refractivity contribution in [3.05, 3.63) is 23.9 Å². The van der Waals surface area contributed by atoms with Crippen molar-refractivity contribution in [1.29, 1.82) is 0 Å². The molecule has 8 heavy (non-hydrogen) atoms. The molecule has 0 aliphatic carbocycles. The van der Waals surface area contributed by atoms with Crippen molar-refractivity contribution in [2.75, 3.05) is 5.88 Å². The summed E-state index contributed by atoms with van der Waals surface area (Å²) in [6.45, 7) is 1.92. The maximum Gasteiger partial charge on any atom is 0.0407 e. The Bertz CT molecular complexity index is 105. The highest BCUT2D eigenvalue weighted by Gasteiger charge is 1.73. The Morgan fingerprint density at radius 2 is 2.38 bits per heavy atom. The predicted octanol–water partition coefficient (Wildman–Crippen LogP) is 1.64. The highest BCUT2D eigenvalue weighted by atomic mass is 35.5. The monoisotopic (exact) mass is 131 g/mol. The van der Waals surface area contributed by atoms with Crippen LogP contribution >= 0.6 is 11.6 Å². The summed E-state index contributed by atoms with van der Waals surface area (Å²) < 4.78 is 0. The second-order valence-electron chi connectivity index (χ2n) is 1.47. The third-order valence-corrected chi connectivity index (χ3v) is 0.911. The van der Waals surface area contributed by atoms with Gasteiger partial charge in [-0.25, -0.2) is 0 Å². The molecule has 2 N–H and O–H groups in total. The molecule has 0 radical (unpaired) electrons. The molecule has 46 valence electrons. The first-order valence-corrected chi connectivity index (χ1v) is 2.95. The van der Waals surface area contributed by atoms with Crippen LogP contribution in [0.15, 0.2) is 23.9 Å². The van der Waals surface area contributed by atoms with Gasteiger partial charge in [-0.1, -0.05) is 12.2 Å². The zero-order valence-corrected chi connectivity index (χ0v) is 5.65. The van der Waals surface area contributed by atoms with Gasteiger partial charge in [0.2, 0.25) is 0 Å². The Hall–Kier alpha value is -0.430. The predicted molar refractivity (Wildman–Crippen MR) is 37.8 cm³/mol. The zero-order valence-electron chi connectivity index (χ0n) is 4.89. The molecule has 0 aromatic carbocycles. The average molecular weight is 132 g/mol. The van der Waals surface area contributed by atoms with Gasteiger partial charge in [0.25, 0.3) is 0 Å². The van der Waals surface area contributed by atoms with E-state index in [1.54, 1.807) is 6.20 Å². The van der Waals surface area contributed by atoms with Crippen LogP contribution in [0.2, 0.25) is 0 Å². The molecule has 0 aliphatic heterocycles. The van der Waals surface area contributed by atoms with Crippen LogP contribution in [0.1, 0.15) is 6.92 Å². The second-order valence-corrected chi connectivity index (χ2v) is 1.78. The Morgan fingerprint density at radius 3 is 2.75 bits per heavy atom. The van der Waals surface area contributed by atoms with Gasteiger partial charge in [-0.15, -0.1) is 11.6 Å². The van der Waals surface area contributed by atoms with E-state index in [4.69, 9.17) is 17.3 Å². The molecule has 0 amide bonds. The molecule has 1 nitrogen and oxygen atoms in total. The fraction of sp³-hybridized carbons (Fsp3) is 0.333. The lowest BCUT2D eigenvalue weighted by Gasteiger charge is -1.83. The molecule has 0 heterocycles. The lowest BCUT2D eigenvalue weighted by molar-refractivity contribution is 1.43. The average Bonchev–Trinajstić information content (AvgIpc) is 1.83. The first kappa shape index (κ1) is 7.57. The molecule has 0 saturated heterocycles. The molecular weight excluding hydrogens is 122 g/mol. The summed E-state index contributed by atoms with van der Waals surface area (Å²) in [4.78, 5) is 0. The summed E-state index contributed by atoms with van der Waals surface area (Å²) in [5, 5.41) is 0. The number of rotatable bonds is 2. The van der Waals surface area contributed by atoms with Gasteiger partial charge in [0.05, 0.1) is 0 Å². The SMILES string of the molecule is CC(/C=C\CCl)=C/N. The molecule has 0 rings (SSSR count). The highest BCUT2D eigenvalue weighted by Crippen LogP contribution is 1.90. The molecule has 0 spiro atoms. The van der Waals surface area contributed by atoms with Crippen molar-refractivity contribution in [1.82, 2.24) is 0 Å². The topological polar surface area (TPSA) is 26.0 Å². The summed E-state index contributed by atoms with van der Waals surface area (Å²) >= 11 is 5.35. The lowest BCUT2D eigenvalue weighted by Crippen LogP contribution is -1.79. The summed E-state index contributed by atoms with van der Waals surface area (Å²) in [5.41, 5.74) is 6.19. The Labute approximate surface area is 54.8 Å².